The van der Waals surface area contributed by atoms with Gasteiger partial charge in [-0.1, -0.05) is 0 Å². The summed E-state index contributed by atoms with van der Waals surface area (Å²) in [4.78, 5) is 0. The minimum atomic E-state index is 0. The fourth-order valence-corrected chi connectivity index (χ4v) is 0. The van der Waals surface area contributed by atoms with Crippen LogP contribution in [0.2, 0.25) is 39.3 Å². The average molecular weight is 186 g/mol. The molecular formula is C6H18CaSi2. The molecule has 0 aliphatic heterocycles. The molecule has 0 rings (SSSR count). The van der Waals surface area contributed by atoms with E-state index in [0.29, 0.717) is 0 Å². The van der Waals surface area contributed by atoms with Crippen LogP contribution in [0.4, 0.5) is 0 Å². The monoisotopic (exact) mass is 186 g/mol. The molecule has 0 heterocycles. The summed E-state index contributed by atoms with van der Waals surface area (Å²) in [5, 5.41) is 0. The van der Waals surface area contributed by atoms with Crippen molar-refractivity contribution in [1.29, 1.82) is 0 Å². The minimum Gasteiger partial charge on any atom is -0.271 e. The van der Waals surface area contributed by atoms with E-state index in [1.54, 1.807) is 0 Å². The van der Waals surface area contributed by atoms with Crippen molar-refractivity contribution in [1.82, 2.24) is 0 Å². The van der Waals surface area contributed by atoms with Gasteiger partial charge in [0.15, 0.2) is 0 Å². The Morgan fingerprint density at radius 1 is 0.556 bits per heavy atom. The van der Waals surface area contributed by atoms with Crippen LogP contribution in [0.1, 0.15) is 0 Å². The first-order valence-electron chi connectivity index (χ1n) is 3.00. The topological polar surface area (TPSA) is 0 Å². The Morgan fingerprint density at radius 3 is 0.556 bits per heavy atom. The predicted octanol–water partition coefficient (Wildman–Crippen LogP) is 2.36. The van der Waals surface area contributed by atoms with Crippen molar-refractivity contribution >= 4 is 55.3 Å². The molecule has 0 amide bonds. The fourth-order valence-electron chi connectivity index (χ4n) is 0. The van der Waals surface area contributed by atoms with Gasteiger partial charge in [-0.2, -0.15) is 39.3 Å². The summed E-state index contributed by atoms with van der Waals surface area (Å²) >= 11 is 0. The molecule has 3 heteroatoms. The van der Waals surface area contributed by atoms with Crippen LogP contribution < -0.4 is 0 Å². The first kappa shape index (κ1) is 17.0. The Labute approximate surface area is 93.6 Å². The normalized spacial score (nSPS) is 8.00. The maximum atomic E-state index is 2.27. The predicted molar refractivity (Wildman–Crippen MR) is 52.4 cm³/mol. The van der Waals surface area contributed by atoms with Crippen molar-refractivity contribution in [3.63, 3.8) is 0 Å². The number of rotatable bonds is 0. The van der Waals surface area contributed by atoms with Crippen LogP contribution in [0.15, 0.2) is 0 Å². The molecule has 0 aliphatic rings. The molecule has 9 heavy (non-hydrogen) atoms. The summed E-state index contributed by atoms with van der Waals surface area (Å²) in [6, 6.07) is 0. The van der Waals surface area contributed by atoms with Gasteiger partial charge in [-0.15, -0.1) is 0 Å². The van der Waals surface area contributed by atoms with Crippen LogP contribution in [-0.4, -0.2) is 55.3 Å². The van der Waals surface area contributed by atoms with Crippen molar-refractivity contribution in [2.45, 2.75) is 39.3 Å². The summed E-state index contributed by atoms with van der Waals surface area (Å²) in [7, 11) is 0.241. The molecule has 0 N–H and O–H groups in total. The van der Waals surface area contributed by atoms with Gasteiger partial charge >= 0.3 is 37.7 Å². The molecule has 0 aromatic rings. The van der Waals surface area contributed by atoms with Crippen LogP contribution in [-0.2, 0) is 0 Å². The molecule has 52 valence electrons. The third-order valence-corrected chi connectivity index (χ3v) is 0. The standard InChI is InChI=1S/2C3H9Si.Ca/c2*1-4(2)3;/h2*1-3H3;/q2*-1;+2. The first-order valence-corrected chi connectivity index (χ1v) is 9.00. The van der Waals surface area contributed by atoms with E-state index < -0.39 is 0 Å². The van der Waals surface area contributed by atoms with Gasteiger partial charge in [-0.3, -0.25) is 17.6 Å². The van der Waals surface area contributed by atoms with Gasteiger partial charge in [0.25, 0.3) is 0 Å². The van der Waals surface area contributed by atoms with E-state index in [-0.39, 0.29) is 55.3 Å². The first-order chi connectivity index (χ1) is 3.46. The van der Waals surface area contributed by atoms with E-state index >= 15 is 0 Å². The maximum Gasteiger partial charge on any atom is 2.00 e. The van der Waals surface area contributed by atoms with Crippen LogP contribution in [0.25, 0.3) is 0 Å². The summed E-state index contributed by atoms with van der Waals surface area (Å²) in [6.45, 7) is 13.6. The van der Waals surface area contributed by atoms with E-state index in [0.717, 1.165) is 0 Å². The van der Waals surface area contributed by atoms with Crippen molar-refractivity contribution in [2.75, 3.05) is 0 Å². The number of hydrogen-bond donors (Lipinski definition) is 0. The second kappa shape index (κ2) is 12.4. The molecule has 0 saturated carbocycles. The minimum absolute atomic E-state index is 0. The molecule has 0 bridgehead atoms. The van der Waals surface area contributed by atoms with Crippen LogP contribution in [0, 0.1) is 0 Å². The van der Waals surface area contributed by atoms with Crippen molar-refractivity contribution in [2.24, 2.45) is 0 Å². The van der Waals surface area contributed by atoms with Crippen LogP contribution in [0.5, 0.6) is 0 Å². The molecule has 0 radical (unpaired) electrons. The van der Waals surface area contributed by atoms with Gasteiger partial charge in [0.2, 0.25) is 0 Å². The summed E-state index contributed by atoms with van der Waals surface area (Å²) < 4.78 is 0. The Bertz CT molecular complexity index is 26.5. The molecule has 0 atom stereocenters. The number of hydrogen-bond acceptors (Lipinski definition) is 0. The third kappa shape index (κ3) is 200. The summed E-state index contributed by atoms with van der Waals surface area (Å²) in [6.07, 6.45) is 0. The largest absolute Gasteiger partial charge is 2.00 e. The van der Waals surface area contributed by atoms with Gasteiger partial charge in [-0.05, 0) is 0 Å². The molecule has 0 unspecified atom stereocenters. The smallest absolute Gasteiger partial charge is 0.271 e. The van der Waals surface area contributed by atoms with E-state index in [9.17, 15) is 0 Å². The third-order valence-electron chi connectivity index (χ3n) is 0. The Balaban J connectivity index is -0.0000000720. The molecule has 0 saturated heterocycles. The second-order valence-electron chi connectivity index (χ2n) is 3.00. The molecule has 0 nitrogen and oxygen atoms in total. The van der Waals surface area contributed by atoms with Crippen molar-refractivity contribution in [3.05, 3.63) is 0 Å². The molecule has 0 fully saturated rings. The Morgan fingerprint density at radius 2 is 0.556 bits per heavy atom. The van der Waals surface area contributed by atoms with Gasteiger partial charge in [-0.25, -0.2) is 0 Å². The van der Waals surface area contributed by atoms with Gasteiger partial charge in [0.05, 0.1) is 0 Å². The van der Waals surface area contributed by atoms with E-state index in [1.165, 1.54) is 0 Å². The Hall–Kier alpha value is 1.69. The Kier molecular flexibility index (Phi) is 23.3. The molecule has 0 aromatic heterocycles. The average Bonchev–Trinajstić information content (AvgIpc) is 1.25. The van der Waals surface area contributed by atoms with Crippen LogP contribution >= 0.6 is 0 Å². The van der Waals surface area contributed by atoms with Crippen molar-refractivity contribution in [3.8, 4) is 0 Å². The zero-order valence-corrected chi connectivity index (χ0v) is 11.9. The molecule has 0 spiro atoms. The summed E-state index contributed by atoms with van der Waals surface area (Å²) in [5.41, 5.74) is 0. The van der Waals surface area contributed by atoms with Gasteiger partial charge < -0.3 is 0 Å². The van der Waals surface area contributed by atoms with Crippen molar-refractivity contribution < 1.29 is 0 Å². The maximum absolute atomic E-state index is 2.27. The van der Waals surface area contributed by atoms with Gasteiger partial charge in [0, 0.05) is 0 Å². The zero-order chi connectivity index (χ0) is 7.15. The summed E-state index contributed by atoms with van der Waals surface area (Å²) in [5.74, 6) is 0. The fraction of sp³-hybridized carbons (Fsp3) is 1.00. The quantitative estimate of drug-likeness (QED) is 0.510. The van der Waals surface area contributed by atoms with E-state index in [4.69, 9.17) is 0 Å². The molecule has 0 aromatic carbocycles. The van der Waals surface area contributed by atoms with Gasteiger partial charge in [0.1, 0.15) is 0 Å². The van der Waals surface area contributed by atoms with E-state index in [1.807, 2.05) is 0 Å². The zero-order valence-electron chi connectivity index (χ0n) is 7.71. The second-order valence-corrected chi connectivity index (χ2v) is 9.00. The SMILES string of the molecule is C[Si-](C)C.C[Si-](C)C.[Ca+2]. The van der Waals surface area contributed by atoms with E-state index in [2.05, 4.69) is 39.3 Å². The van der Waals surface area contributed by atoms with Crippen LogP contribution in [0.3, 0.4) is 0 Å². The molecular weight excluding hydrogens is 168 g/mol. The molecule has 0 aliphatic carbocycles.